The van der Waals surface area contributed by atoms with Crippen molar-refractivity contribution in [2.24, 2.45) is 0 Å². The van der Waals surface area contributed by atoms with Crippen molar-refractivity contribution in [1.29, 1.82) is 0 Å². The Morgan fingerprint density at radius 3 is 2.85 bits per heavy atom. The van der Waals surface area contributed by atoms with Crippen LogP contribution in [0, 0.1) is 0 Å². The Morgan fingerprint density at radius 2 is 2.31 bits per heavy atom. The quantitative estimate of drug-likeness (QED) is 0.786. The van der Waals surface area contributed by atoms with Gasteiger partial charge >= 0.3 is 0 Å². The van der Waals surface area contributed by atoms with E-state index < -0.39 is 0 Å². The Bertz CT molecular complexity index is 398. The molecule has 0 saturated carbocycles. The Balaban J connectivity index is 3.19. The largest absolute Gasteiger partial charge is 0.282 e. The van der Waals surface area contributed by atoms with E-state index in [2.05, 4.69) is 43.5 Å². The maximum atomic E-state index is 11.5. The van der Waals surface area contributed by atoms with Crippen LogP contribution in [-0.2, 0) is 6.54 Å². The zero-order valence-electron chi connectivity index (χ0n) is 7.05. The Morgan fingerprint density at radius 1 is 1.69 bits per heavy atom. The van der Waals surface area contributed by atoms with Gasteiger partial charge in [-0.15, -0.1) is 0 Å². The predicted octanol–water partition coefficient (Wildman–Crippen LogP) is 2.34. The molecular weight excluding hydrogens is 300 g/mol. The molecule has 0 aliphatic carbocycles. The first-order valence-electron chi connectivity index (χ1n) is 3.58. The molecule has 0 N–H and O–H groups in total. The van der Waals surface area contributed by atoms with Gasteiger partial charge in [0.15, 0.2) is 0 Å². The summed E-state index contributed by atoms with van der Waals surface area (Å²) in [5.41, 5.74) is 0.737. The molecule has 0 aliphatic heterocycles. The standard InChI is InChI=1S/C8H8Br2N2O/c1-5(2)4-12-8(13)7(10)6(9)3-11-12/h3H,1,4H2,2H3. The minimum Gasteiger partial charge on any atom is -0.266 e. The molecule has 0 saturated heterocycles. The van der Waals surface area contributed by atoms with Gasteiger partial charge in [0.2, 0.25) is 0 Å². The summed E-state index contributed by atoms with van der Waals surface area (Å²) in [6.45, 7) is 6.02. The van der Waals surface area contributed by atoms with Crippen molar-refractivity contribution in [2.75, 3.05) is 0 Å². The summed E-state index contributed by atoms with van der Waals surface area (Å²) < 4.78 is 2.51. The molecule has 0 amide bonds. The molecule has 1 aromatic heterocycles. The van der Waals surface area contributed by atoms with Crippen molar-refractivity contribution in [3.8, 4) is 0 Å². The van der Waals surface area contributed by atoms with Gasteiger partial charge < -0.3 is 0 Å². The highest BCUT2D eigenvalue weighted by atomic mass is 79.9. The molecule has 0 atom stereocenters. The van der Waals surface area contributed by atoms with Crippen LogP contribution >= 0.6 is 31.9 Å². The lowest BCUT2D eigenvalue weighted by Gasteiger charge is -2.04. The molecule has 3 nitrogen and oxygen atoms in total. The zero-order valence-corrected chi connectivity index (χ0v) is 10.2. The van der Waals surface area contributed by atoms with Crippen LogP contribution in [0.1, 0.15) is 6.92 Å². The Kier molecular flexibility index (Phi) is 3.44. The third kappa shape index (κ3) is 2.51. The van der Waals surface area contributed by atoms with Gasteiger partial charge in [0.05, 0.1) is 17.2 Å². The Hall–Kier alpha value is -0.420. The summed E-state index contributed by atoms with van der Waals surface area (Å²) in [4.78, 5) is 11.5. The van der Waals surface area contributed by atoms with Crippen LogP contribution in [0.4, 0.5) is 0 Å². The van der Waals surface area contributed by atoms with E-state index in [1.807, 2.05) is 6.92 Å². The summed E-state index contributed by atoms with van der Waals surface area (Å²) >= 11 is 6.37. The van der Waals surface area contributed by atoms with Crippen LogP contribution in [0.25, 0.3) is 0 Å². The number of rotatable bonds is 2. The van der Waals surface area contributed by atoms with E-state index in [9.17, 15) is 4.79 Å². The van der Waals surface area contributed by atoms with Crippen LogP contribution < -0.4 is 5.56 Å². The van der Waals surface area contributed by atoms with Crippen LogP contribution in [-0.4, -0.2) is 9.78 Å². The minimum atomic E-state index is -0.155. The fourth-order valence-electron chi connectivity index (χ4n) is 0.813. The third-order valence-electron chi connectivity index (χ3n) is 1.36. The van der Waals surface area contributed by atoms with Gasteiger partial charge in [0, 0.05) is 0 Å². The molecule has 1 rings (SSSR count). The molecule has 1 aromatic rings. The van der Waals surface area contributed by atoms with E-state index in [1.165, 1.54) is 4.68 Å². The van der Waals surface area contributed by atoms with Crippen LogP contribution in [0.2, 0.25) is 0 Å². The van der Waals surface area contributed by atoms with Crippen molar-refractivity contribution >= 4 is 31.9 Å². The van der Waals surface area contributed by atoms with Gasteiger partial charge in [-0.2, -0.15) is 5.10 Å². The van der Waals surface area contributed by atoms with Crippen molar-refractivity contribution in [1.82, 2.24) is 9.78 Å². The smallest absolute Gasteiger partial charge is 0.266 e. The molecule has 13 heavy (non-hydrogen) atoms. The average Bonchev–Trinajstić information content (AvgIpc) is 2.06. The van der Waals surface area contributed by atoms with Crippen molar-refractivity contribution < 1.29 is 0 Å². The Labute approximate surface area is 92.7 Å². The van der Waals surface area contributed by atoms with Crippen LogP contribution in [0.3, 0.4) is 0 Å². The second-order valence-electron chi connectivity index (χ2n) is 2.73. The SMILES string of the molecule is C=C(C)Cn1ncc(Br)c(Br)c1=O. The molecule has 0 aromatic carbocycles. The zero-order chi connectivity index (χ0) is 10.0. The summed E-state index contributed by atoms with van der Waals surface area (Å²) in [7, 11) is 0. The van der Waals surface area contributed by atoms with Gasteiger partial charge in [0.25, 0.3) is 5.56 Å². The first kappa shape index (κ1) is 10.7. The third-order valence-corrected chi connectivity index (χ3v) is 3.26. The summed E-state index contributed by atoms with van der Waals surface area (Å²) in [5.74, 6) is 0. The van der Waals surface area contributed by atoms with Crippen molar-refractivity contribution in [2.45, 2.75) is 13.5 Å². The van der Waals surface area contributed by atoms with Crippen LogP contribution in [0.15, 0.2) is 32.1 Å². The lowest BCUT2D eigenvalue weighted by Crippen LogP contribution is -2.23. The maximum absolute atomic E-state index is 11.5. The van der Waals surface area contributed by atoms with Crippen LogP contribution in [0.5, 0.6) is 0 Å². The first-order valence-corrected chi connectivity index (χ1v) is 5.16. The molecule has 0 radical (unpaired) electrons. The second kappa shape index (κ2) is 4.19. The number of halogens is 2. The number of nitrogens with zero attached hydrogens (tertiary/aromatic N) is 2. The fraction of sp³-hybridized carbons (Fsp3) is 0.250. The molecular formula is C8H8Br2N2O. The highest BCUT2D eigenvalue weighted by molar-refractivity contribution is 9.13. The second-order valence-corrected chi connectivity index (χ2v) is 4.37. The number of aromatic nitrogens is 2. The molecule has 0 fully saturated rings. The molecule has 0 unspecified atom stereocenters. The number of hydrogen-bond donors (Lipinski definition) is 0. The highest BCUT2D eigenvalue weighted by Gasteiger charge is 2.05. The monoisotopic (exact) mass is 306 g/mol. The van der Waals surface area contributed by atoms with Gasteiger partial charge in [0.1, 0.15) is 4.47 Å². The van der Waals surface area contributed by atoms with E-state index in [-0.39, 0.29) is 5.56 Å². The number of allylic oxidation sites excluding steroid dienone is 1. The molecule has 0 bridgehead atoms. The lowest BCUT2D eigenvalue weighted by atomic mass is 10.3. The molecule has 1 heterocycles. The van der Waals surface area contributed by atoms with E-state index in [0.29, 0.717) is 15.5 Å². The number of hydrogen-bond acceptors (Lipinski definition) is 2. The van der Waals surface area contributed by atoms with Gasteiger partial charge in [-0.25, -0.2) is 4.68 Å². The lowest BCUT2D eigenvalue weighted by molar-refractivity contribution is 0.626. The van der Waals surface area contributed by atoms with Crippen molar-refractivity contribution in [3.63, 3.8) is 0 Å². The highest BCUT2D eigenvalue weighted by Crippen LogP contribution is 2.16. The van der Waals surface area contributed by atoms with Crippen molar-refractivity contribution in [3.05, 3.63) is 37.6 Å². The predicted molar refractivity (Wildman–Crippen MR) is 58.7 cm³/mol. The normalized spacial score (nSPS) is 10.1. The summed E-state index contributed by atoms with van der Waals surface area (Å²) in [6, 6.07) is 0. The first-order chi connectivity index (χ1) is 6.02. The van der Waals surface area contributed by atoms with E-state index in [0.717, 1.165) is 5.57 Å². The molecule has 5 heteroatoms. The molecule has 0 spiro atoms. The molecule has 70 valence electrons. The van der Waals surface area contributed by atoms with Gasteiger partial charge in [-0.1, -0.05) is 12.2 Å². The van der Waals surface area contributed by atoms with E-state index in [1.54, 1.807) is 6.20 Å². The summed E-state index contributed by atoms with van der Waals surface area (Å²) in [5, 5.41) is 3.95. The fourth-order valence-corrected chi connectivity index (χ4v) is 1.38. The average molecular weight is 308 g/mol. The van der Waals surface area contributed by atoms with E-state index in [4.69, 9.17) is 0 Å². The maximum Gasteiger partial charge on any atom is 0.282 e. The topological polar surface area (TPSA) is 34.9 Å². The van der Waals surface area contributed by atoms with E-state index >= 15 is 0 Å². The molecule has 0 aliphatic rings. The van der Waals surface area contributed by atoms with Gasteiger partial charge in [-0.05, 0) is 38.8 Å². The summed E-state index contributed by atoms with van der Waals surface area (Å²) in [6.07, 6.45) is 1.58. The van der Waals surface area contributed by atoms with Gasteiger partial charge in [-0.3, -0.25) is 4.79 Å². The minimum absolute atomic E-state index is 0.155.